The Kier molecular flexibility index (Phi) is 10.2. The molecule has 1 rings (SSSR count). The first-order valence-corrected chi connectivity index (χ1v) is 9.29. The van der Waals surface area contributed by atoms with Crippen LogP contribution >= 0.6 is 0 Å². The van der Waals surface area contributed by atoms with Crippen molar-refractivity contribution >= 4 is 5.97 Å². The van der Waals surface area contributed by atoms with Crippen molar-refractivity contribution < 1.29 is 20.1 Å². The van der Waals surface area contributed by atoms with Crippen molar-refractivity contribution in [1.29, 1.82) is 0 Å². The number of aliphatic hydroxyl groups excluding tert-OH is 2. The third kappa shape index (κ3) is 8.52. The molecular formula is C19H34O4. The van der Waals surface area contributed by atoms with E-state index in [1.54, 1.807) is 0 Å². The first-order chi connectivity index (χ1) is 11.0. The number of rotatable bonds is 12. The van der Waals surface area contributed by atoms with E-state index in [2.05, 4.69) is 6.92 Å². The van der Waals surface area contributed by atoms with E-state index in [1.807, 2.05) is 12.2 Å². The summed E-state index contributed by atoms with van der Waals surface area (Å²) < 4.78 is 0. The number of hydrogen-bond acceptors (Lipinski definition) is 3. The molecule has 0 saturated heterocycles. The molecular weight excluding hydrogens is 292 g/mol. The minimum Gasteiger partial charge on any atom is -0.481 e. The number of aliphatic carboxylic acids is 1. The summed E-state index contributed by atoms with van der Waals surface area (Å²) in [7, 11) is 0. The van der Waals surface area contributed by atoms with Crippen LogP contribution in [-0.4, -0.2) is 33.5 Å². The Balaban J connectivity index is 2.26. The molecule has 4 nitrogen and oxygen atoms in total. The van der Waals surface area contributed by atoms with Crippen molar-refractivity contribution in [3.63, 3.8) is 0 Å². The molecule has 0 aromatic rings. The molecule has 23 heavy (non-hydrogen) atoms. The van der Waals surface area contributed by atoms with Crippen molar-refractivity contribution in [2.24, 2.45) is 11.8 Å². The summed E-state index contributed by atoms with van der Waals surface area (Å²) in [5.74, 6) is 0.0965. The molecule has 1 aliphatic rings. The SMILES string of the molecule is CCCC=CC(O)CC[C@H]1CC[C@H](O)[C@@H]1CCCCCC(=O)O. The molecule has 3 N–H and O–H groups in total. The van der Waals surface area contributed by atoms with E-state index in [4.69, 9.17) is 5.11 Å². The fourth-order valence-corrected chi connectivity index (χ4v) is 3.65. The molecule has 1 fully saturated rings. The molecule has 0 aromatic carbocycles. The topological polar surface area (TPSA) is 77.8 Å². The van der Waals surface area contributed by atoms with Crippen molar-refractivity contribution in [3.05, 3.63) is 12.2 Å². The maximum Gasteiger partial charge on any atom is 0.303 e. The van der Waals surface area contributed by atoms with Crippen molar-refractivity contribution in [2.45, 2.75) is 89.8 Å². The number of unbranched alkanes of at least 4 members (excludes halogenated alkanes) is 3. The quantitative estimate of drug-likeness (QED) is 0.375. The van der Waals surface area contributed by atoms with Crippen LogP contribution in [0.3, 0.4) is 0 Å². The van der Waals surface area contributed by atoms with Gasteiger partial charge >= 0.3 is 5.97 Å². The molecule has 0 aromatic heterocycles. The van der Waals surface area contributed by atoms with Crippen molar-refractivity contribution in [3.8, 4) is 0 Å². The molecule has 0 amide bonds. The van der Waals surface area contributed by atoms with E-state index >= 15 is 0 Å². The van der Waals surface area contributed by atoms with Crippen LogP contribution in [0.4, 0.5) is 0 Å². The number of carboxylic acid groups (broad SMARTS) is 1. The molecule has 0 spiro atoms. The van der Waals surface area contributed by atoms with Gasteiger partial charge in [-0.1, -0.05) is 38.3 Å². The summed E-state index contributed by atoms with van der Waals surface area (Å²) in [6.45, 7) is 2.12. The lowest BCUT2D eigenvalue weighted by atomic mass is 9.85. The summed E-state index contributed by atoms with van der Waals surface area (Å²) in [5, 5.41) is 28.8. The summed E-state index contributed by atoms with van der Waals surface area (Å²) >= 11 is 0. The Morgan fingerprint density at radius 1 is 1.22 bits per heavy atom. The minimum atomic E-state index is -0.728. The van der Waals surface area contributed by atoms with E-state index < -0.39 is 5.97 Å². The lowest BCUT2D eigenvalue weighted by molar-refractivity contribution is -0.137. The van der Waals surface area contributed by atoms with Gasteiger partial charge in [-0.05, 0) is 56.8 Å². The molecule has 0 aliphatic heterocycles. The van der Waals surface area contributed by atoms with Crippen LogP contribution in [0.15, 0.2) is 12.2 Å². The maximum atomic E-state index is 10.5. The smallest absolute Gasteiger partial charge is 0.303 e. The van der Waals surface area contributed by atoms with E-state index in [9.17, 15) is 15.0 Å². The van der Waals surface area contributed by atoms with Gasteiger partial charge in [0, 0.05) is 6.42 Å². The Morgan fingerprint density at radius 3 is 2.70 bits per heavy atom. The maximum absolute atomic E-state index is 10.5. The van der Waals surface area contributed by atoms with Gasteiger partial charge in [0.1, 0.15) is 0 Å². The van der Waals surface area contributed by atoms with E-state index in [-0.39, 0.29) is 18.6 Å². The third-order valence-corrected chi connectivity index (χ3v) is 5.01. The monoisotopic (exact) mass is 326 g/mol. The highest BCUT2D eigenvalue weighted by molar-refractivity contribution is 5.66. The van der Waals surface area contributed by atoms with Crippen molar-refractivity contribution in [2.75, 3.05) is 0 Å². The Bertz CT molecular complexity index is 353. The lowest BCUT2D eigenvalue weighted by Gasteiger charge is -2.22. The summed E-state index contributed by atoms with van der Waals surface area (Å²) in [6, 6.07) is 0. The molecule has 4 heteroatoms. The van der Waals surface area contributed by atoms with Crippen LogP contribution in [0.1, 0.15) is 77.6 Å². The summed E-state index contributed by atoms with van der Waals surface area (Å²) in [6.07, 6.45) is 13.0. The number of hydrogen-bond donors (Lipinski definition) is 3. The zero-order valence-electron chi connectivity index (χ0n) is 14.5. The average molecular weight is 326 g/mol. The molecule has 0 heterocycles. The van der Waals surface area contributed by atoms with Gasteiger partial charge in [-0.2, -0.15) is 0 Å². The van der Waals surface area contributed by atoms with Gasteiger partial charge in [0.05, 0.1) is 12.2 Å². The average Bonchev–Trinajstić information content (AvgIpc) is 2.85. The minimum absolute atomic E-state index is 0.216. The second-order valence-electron chi connectivity index (χ2n) is 6.92. The molecule has 1 aliphatic carbocycles. The van der Waals surface area contributed by atoms with Gasteiger partial charge in [-0.25, -0.2) is 0 Å². The van der Waals surface area contributed by atoms with E-state index in [1.165, 1.54) is 0 Å². The molecule has 1 unspecified atom stereocenters. The predicted molar refractivity (Wildman–Crippen MR) is 92.2 cm³/mol. The first-order valence-electron chi connectivity index (χ1n) is 9.29. The van der Waals surface area contributed by atoms with Gasteiger partial charge in [-0.3, -0.25) is 4.79 Å². The van der Waals surface area contributed by atoms with Gasteiger partial charge < -0.3 is 15.3 Å². The van der Waals surface area contributed by atoms with Crippen LogP contribution in [0.25, 0.3) is 0 Å². The number of aliphatic hydroxyl groups is 2. The molecule has 0 bridgehead atoms. The fourth-order valence-electron chi connectivity index (χ4n) is 3.65. The third-order valence-electron chi connectivity index (χ3n) is 5.01. The summed E-state index contributed by atoms with van der Waals surface area (Å²) in [5.41, 5.74) is 0. The number of carboxylic acids is 1. The van der Waals surface area contributed by atoms with E-state index in [0.717, 1.165) is 64.2 Å². The van der Waals surface area contributed by atoms with Gasteiger partial charge in [-0.15, -0.1) is 0 Å². The van der Waals surface area contributed by atoms with Crippen molar-refractivity contribution in [1.82, 2.24) is 0 Å². The normalized spacial score (nSPS) is 26.0. The van der Waals surface area contributed by atoms with Crippen LogP contribution in [0.2, 0.25) is 0 Å². The highest BCUT2D eigenvalue weighted by Gasteiger charge is 2.34. The van der Waals surface area contributed by atoms with Crippen LogP contribution in [-0.2, 0) is 4.79 Å². The largest absolute Gasteiger partial charge is 0.481 e. The van der Waals surface area contributed by atoms with Gasteiger partial charge in [0.15, 0.2) is 0 Å². The standard InChI is InChI=1S/C19H34O4/c1-2-3-5-8-16(20)13-11-15-12-14-18(21)17(15)9-6-4-7-10-19(22)23/h5,8,15-18,20-21H,2-4,6-7,9-14H2,1H3,(H,22,23)/t15-,16?,17+,18-/m0/s1. The second-order valence-corrected chi connectivity index (χ2v) is 6.92. The molecule has 4 atom stereocenters. The highest BCUT2D eigenvalue weighted by atomic mass is 16.4. The molecule has 134 valence electrons. The van der Waals surface area contributed by atoms with Crippen LogP contribution in [0, 0.1) is 11.8 Å². The molecule has 0 radical (unpaired) electrons. The first kappa shape index (κ1) is 20.2. The zero-order chi connectivity index (χ0) is 17.1. The Morgan fingerprint density at radius 2 is 2.00 bits per heavy atom. The predicted octanol–water partition coefficient (Wildman–Crippen LogP) is 3.91. The van der Waals surface area contributed by atoms with Gasteiger partial charge in [0.2, 0.25) is 0 Å². The number of allylic oxidation sites excluding steroid dienone is 1. The Hall–Kier alpha value is -0.870. The second kappa shape index (κ2) is 11.6. The molecule has 1 saturated carbocycles. The highest BCUT2D eigenvalue weighted by Crippen LogP contribution is 2.38. The number of carbonyl (C=O) groups is 1. The summed E-state index contributed by atoms with van der Waals surface area (Å²) in [4.78, 5) is 10.5. The fraction of sp³-hybridized carbons (Fsp3) is 0.842. The van der Waals surface area contributed by atoms with Crippen LogP contribution in [0.5, 0.6) is 0 Å². The van der Waals surface area contributed by atoms with Gasteiger partial charge in [0.25, 0.3) is 0 Å². The zero-order valence-corrected chi connectivity index (χ0v) is 14.5. The van der Waals surface area contributed by atoms with Crippen LogP contribution < -0.4 is 0 Å². The van der Waals surface area contributed by atoms with E-state index in [0.29, 0.717) is 11.8 Å². The lowest BCUT2D eigenvalue weighted by Crippen LogP contribution is -2.20. The Labute approximate surface area is 140 Å².